The van der Waals surface area contributed by atoms with Crippen LogP contribution in [0.4, 0.5) is 0 Å². The summed E-state index contributed by atoms with van der Waals surface area (Å²) in [5.41, 5.74) is 0.829. The topological polar surface area (TPSA) is 95.5 Å². The van der Waals surface area contributed by atoms with Gasteiger partial charge in [0.2, 0.25) is 11.1 Å². The quantitative estimate of drug-likeness (QED) is 0.621. The number of rotatable bonds is 5. The number of ether oxygens (including phenoxy) is 2. The third-order valence-corrected chi connectivity index (χ3v) is 5.04. The zero-order valence-electron chi connectivity index (χ0n) is 15.1. The molecule has 26 heavy (non-hydrogen) atoms. The van der Waals surface area contributed by atoms with Crippen molar-refractivity contribution in [3.63, 3.8) is 0 Å². The molecule has 0 unspecified atom stereocenters. The average Bonchev–Trinajstić information content (AvgIpc) is 2.99. The number of amides is 1. The smallest absolute Gasteiger partial charge is 0.233 e. The van der Waals surface area contributed by atoms with Crippen LogP contribution in [-0.2, 0) is 9.53 Å². The first-order valence-corrected chi connectivity index (χ1v) is 9.37. The van der Waals surface area contributed by atoms with Crippen LogP contribution in [0.25, 0.3) is 11.4 Å². The van der Waals surface area contributed by atoms with Crippen LogP contribution in [0.15, 0.2) is 29.4 Å². The van der Waals surface area contributed by atoms with E-state index in [2.05, 4.69) is 10.2 Å². The van der Waals surface area contributed by atoms with Gasteiger partial charge in [-0.2, -0.15) is 0 Å². The number of morpholine rings is 1. The van der Waals surface area contributed by atoms with E-state index in [1.54, 1.807) is 7.11 Å². The number of methoxy groups -OCH3 is 1. The number of aromatic nitrogens is 3. The van der Waals surface area contributed by atoms with Crippen LogP contribution in [0, 0.1) is 0 Å². The molecule has 2 heterocycles. The van der Waals surface area contributed by atoms with E-state index in [9.17, 15) is 4.79 Å². The summed E-state index contributed by atoms with van der Waals surface area (Å²) in [5.74, 6) is 7.71. The summed E-state index contributed by atoms with van der Waals surface area (Å²) >= 11 is 1.28. The molecule has 1 amide bonds. The molecule has 0 aliphatic carbocycles. The highest BCUT2D eigenvalue weighted by molar-refractivity contribution is 7.99. The van der Waals surface area contributed by atoms with Crippen molar-refractivity contribution in [1.29, 1.82) is 0 Å². The molecule has 2 aromatic rings. The molecule has 0 spiro atoms. The van der Waals surface area contributed by atoms with Gasteiger partial charge >= 0.3 is 0 Å². The third-order valence-electron chi connectivity index (χ3n) is 4.11. The maximum Gasteiger partial charge on any atom is 0.233 e. The summed E-state index contributed by atoms with van der Waals surface area (Å²) < 4.78 is 12.2. The highest BCUT2D eigenvalue weighted by Crippen LogP contribution is 2.24. The Hall–Kier alpha value is -2.26. The van der Waals surface area contributed by atoms with E-state index in [1.165, 1.54) is 16.4 Å². The minimum absolute atomic E-state index is 0.0472. The van der Waals surface area contributed by atoms with Crippen molar-refractivity contribution in [3.8, 4) is 17.1 Å². The lowest BCUT2D eigenvalue weighted by atomic mass is 10.2. The van der Waals surface area contributed by atoms with Crippen molar-refractivity contribution in [3.05, 3.63) is 24.3 Å². The minimum atomic E-state index is 0.0472. The van der Waals surface area contributed by atoms with E-state index in [0.717, 1.165) is 11.3 Å². The number of nitrogen functional groups attached to an aromatic ring is 1. The molecule has 9 heteroatoms. The minimum Gasteiger partial charge on any atom is -0.497 e. The van der Waals surface area contributed by atoms with Crippen molar-refractivity contribution in [1.82, 2.24) is 19.8 Å². The van der Waals surface area contributed by atoms with Crippen molar-refractivity contribution >= 4 is 17.7 Å². The van der Waals surface area contributed by atoms with Gasteiger partial charge in [-0.05, 0) is 38.1 Å². The molecule has 0 bridgehead atoms. The first-order valence-electron chi connectivity index (χ1n) is 8.39. The number of hydrogen-bond donors (Lipinski definition) is 1. The zero-order chi connectivity index (χ0) is 18.7. The Morgan fingerprint density at radius 2 is 1.92 bits per heavy atom. The molecule has 1 aliphatic heterocycles. The maximum atomic E-state index is 12.5. The Bertz CT molecular complexity index is 754. The fraction of sp³-hybridized carbons (Fsp3) is 0.471. The molecule has 0 saturated carbocycles. The van der Waals surface area contributed by atoms with Gasteiger partial charge in [-0.25, -0.2) is 4.68 Å². The third kappa shape index (κ3) is 4.10. The Kier molecular flexibility index (Phi) is 5.67. The number of benzene rings is 1. The second kappa shape index (κ2) is 7.96. The van der Waals surface area contributed by atoms with E-state index in [4.69, 9.17) is 15.3 Å². The Balaban J connectivity index is 1.63. The molecule has 1 saturated heterocycles. The fourth-order valence-corrected chi connectivity index (χ4v) is 3.67. The Morgan fingerprint density at radius 1 is 1.27 bits per heavy atom. The van der Waals surface area contributed by atoms with E-state index in [-0.39, 0.29) is 23.9 Å². The van der Waals surface area contributed by atoms with Crippen LogP contribution in [0.3, 0.4) is 0 Å². The molecule has 3 rings (SSSR count). The van der Waals surface area contributed by atoms with Crippen molar-refractivity contribution in [2.24, 2.45) is 0 Å². The largest absolute Gasteiger partial charge is 0.497 e. The molecular formula is C17H23N5O3S. The Morgan fingerprint density at radius 3 is 2.54 bits per heavy atom. The summed E-state index contributed by atoms with van der Waals surface area (Å²) in [5, 5.41) is 8.74. The van der Waals surface area contributed by atoms with Gasteiger partial charge in [-0.15, -0.1) is 10.2 Å². The van der Waals surface area contributed by atoms with Gasteiger partial charge in [0.15, 0.2) is 5.82 Å². The van der Waals surface area contributed by atoms with Crippen LogP contribution >= 0.6 is 11.8 Å². The van der Waals surface area contributed by atoms with Crippen LogP contribution in [0.1, 0.15) is 13.8 Å². The molecule has 1 aromatic heterocycles. The predicted molar refractivity (Wildman–Crippen MR) is 99.5 cm³/mol. The number of thioether (sulfide) groups is 1. The van der Waals surface area contributed by atoms with Crippen molar-refractivity contribution < 1.29 is 14.3 Å². The summed E-state index contributed by atoms with van der Waals surface area (Å²) in [6.07, 6.45) is 0.0973. The van der Waals surface area contributed by atoms with Crippen LogP contribution < -0.4 is 10.6 Å². The second-order valence-corrected chi connectivity index (χ2v) is 7.19. The number of carbonyl (C=O) groups is 1. The highest BCUT2D eigenvalue weighted by atomic mass is 32.2. The first kappa shape index (κ1) is 18.5. The number of hydrogen-bond acceptors (Lipinski definition) is 7. The molecule has 1 fully saturated rings. The molecule has 8 nitrogen and oxygen atoms in total. The number of carbonyl (C=O) groups excluding carboxylic acids is 1. The lowest BCUT2D eigenvalue weighted by molar-refractivity contribution is -0.140. The van der Waals surface area contributed by atoms with E-state index in [1.807, 2.05) is 43.0 Å². The Labute approximate surface area is 156 Å². The van der Waals surface area contributed by atoms with Crippen molar-refractivity contribution in [2.45, 2.75) is 31.2 Å². The lowest BCUT2D eigenvalue weighted by Gasteiger charge is -2.35. The molecule has 2 atom stereocenters. The molecule has 140 valence electrons. The monoisotopic (exact) mass is 377 g/mol. The van der Waals surface area contributed by atoms with Gasteiger partial charge in [0.1, 0.15) is 5.75 Å². The van der Waals surface area contributed by atoms with Gasteiger partial charge < -0.3 is 20.2 Å². The maximum absolute atomic E-state index is 12.5. The molecule has 1 aliphatic rings. The highest BCUT2D eigenvalue weighted by Gasteiger charge is 2.26. The normalized spacial score (nSPS) is 20.2. The molecule has 1 aromatic carbocycles. The van der Waals surface area contributed by atoms with Gasteiger partial charge in [-0.3, -0.25) is 4.79 Å². The predicted octanol–water partition coefficient (Wildman–Crippen LogP) is 1.40. The molecular weight excluding hydrogens is 354 g/mol. The second-order valence-electron chi connectivity index (χ2n) is 6.25. The summed E-state index contributed by atoms with van der Waals surface area (Å²) in [4.78, 5) is 14.3. The summed E-state index contributed by atoms with van der Waals surface area (Å²) in [6.45, 7) is 5.16. The van der Waals surface area contributed by atoms with Crippen molar-refractivity contribution in [2.75, 3.05) is 31.8 Å². The van der Waals surface area contributed by atoms with Gasteiger partial charge in [0.25, 0.3) is 0 Å². The van der Waals surface area contributed by atoms with Gasteiger partial charge in [-0.1, -0.05) is 11.8 Å². The number of nitrogens with two attached hydrogens (primary N) is 1. The number of nitrogens with zero attached hydrogens (tertiary/aromatic N) is 4. The van der Waals surface area contributed by atoms with Crippen LogP contribution in [0.2, 0.25) is 0 Å². The van der Waals surface area contributed by atoms with Crippen LogP contribution in [-0.4, -0.2) is 63.8 Å². The lowest BCUT2D eigenvalue weighted by Crippen LogP contribution is -2.48. The SMILES string of the molecule is COc1ccc(-c2nnc(SCC(=O)N3C[C@@H](C)O[C@H](C)C3)n2N)cc1. The zero-order valence-corrected chi connectivity index (χ0v) is 15.9. The summed E-state index contributed by atoms with van der Waals surface area (Å²) in [7, 11) is 1.61. The standard InChI is InChI=1S/C17H23N5O3S/c1-11-8-21(9-12(2)25-11)15(23)10-26-17-20-19-16(22(17)18)13-4-6-14(24-3)7-5-13/h4-7,11-12H,8-10,18H2,1-3H3/t11-,12-/m1/s1. The van der Waals surface area contributed by atoms with E-state index < -0.39 is 0 Å². The summed E-state index contributed by atoms with van der Waals surface area (Å²) in [6, 6.07) is 7.40. The van der Waals surface area contributed by atoms with Gasteiger partial charge in [0.05, 0.1) is 25.1 Å². The van der Waals surface area contributed by atoms with E-state index in [0.29, 0.717) is 24.1 Å². The average molecular weight is 377 g/mol. The van der Waals surface area contributed by atoms with E-state index >= 15 is 0 Å². The fourth-order valence-electron chi connectivity index (χ4n) is 2.91. The molecule has 2 N–H and O–H groups in total. The van der Waals surface area contributed by atoms with Gasteiger partial charge in [0, 0.05) is 18.7 Å². The first-order chi connectivity index (χ1) is 12.5. The molecule has 0 radical (unpaired) electrons. The van der Waals surface area contributed by atoms with Crippen LogP contribution in [0.5, 0.6) is 5.75 Å².